The van der Waals surface area contributed by atoms with Crippen LogP contribution in [0.1, 0.15) is 24.2 Å². The van der Waals surface area contributed by atoms with Gasteiger partial charge in [-0.15, -0.1) is 0 Å². The Morgan fingerprint density at radius 3 is 2.82 bits per heavy atom. The normalized spacial score (nSPS) is 11.7. The molecule has 0 amide bonds. The molecule has 2 radical (unpaired) electrons. The van der Waals surface area contributed by atoms with Crippen LogP contribution < -0.4 is 0 Å². The van der Waals surface area contributed by atoms with Crippen molar-refractivity contribution in [3.8, 4) is 0 Å². The number of esters is 1. The first kappa shape index (κ1) is 11.7. The Morgan fingerprint density at radius 1 is 1.53 bits per heavy atom. The summed E-state index contributed by atoms with van der Waals surface area (Å²) >= 11 is 0. The minimum atomic E-state index is -0.526. The van der Waals surface area contributed by atoms with Gasteiger partial charge in [0.05, 0.1) is 12.7 Å². The SMILES string of the molecule is [B]C(C)(C)n1ccc2cc(C(=O)OC)cnc21. The number of carbonyl (C=O) groups is 1. The van der Waals surface area contributed by atoms with Crippen LogP contribution in [-0.4, -0.2) is 30.5 Å². The van der Waals surface area contributed by atoms with Crippen molar-refractivity contribution in [1.82, 2.24) is 9.55 Å². The van der Waals surface area contributed by atoms with Gasteiger partial charge in [-0.05, 0) is 12.1 Å². The van der Waals surface area contributed by atoms with E-state index in [-0.39, 0.29) is 5.97 Å². The third-order valence-electron chi connectivity index (χ3n) is 2.57. The van der Waals surface area contributed by atoms with Crippen molar-refractivity contribution < 1.29 is 9.53 Å². The fourth-order valence-electron chi connectivity index (χ4n) is 1.72. The summed E-state index contributed by atoms with van der Waals surface area (Å²) in [5.41, 5.74) is 0.666. The van der Waals surface area contributed by atoms with E-state index in [1.807, 2.05) is 30.7 Å². The van der Waals surface area contributed by atoms with Crippen LogP contribution in [0.15, 0.2) is 24.5 Å². The Bertz CT molecular complexity index is 569. The van der Waals surface area contributed by atoms with E-state index in [2.05, 4.69) is 9.72 Å². The highest BCUT2D eigenvalue weighted by molar-refractivity contribution is 6.13. The molecule has 86 valence electrons. The molecule has 0 atom stereocenters. The number of hydrogen-bond donors (Lipinski definition) is 0. The monoisotopic (exact) mass is 228 g/mol. The van der Waals surface area contributed by atoms with E-state index in [1.165, 1.54) is 13.3 Å². The van der Waals surface area contributed by atoms with E-state index in [0.717, 1.165) is 11.0 Å². The second-order valence-corrected chi connectivity index (χ2v) is 4.47. The molecule has 0 aromatic carbocycles. The zero-order valence-corrected chi connectivity index (χ0v) is 10.1. The number of nitrogens with zero attached hydrogens (tertiary/aromatic N) is 2. The summed E-state index contributed by atoms with van der Waals surface area (Å²) < 4.78 is 6.51. The number of rotatable bonds is 2. The van der Waals surface area contributed by atoms with Crippen LogP contribution in [-0.2, 0) is 10.2 Å². The molecule has 0 bridgehead atoms. The van der Waals surface area contributed by atoms with E-state index in [4.69, 9.17) is 7.85 Å². The molecule has 0 aliphatic rings. The second kappa shape index (κ2) is 3.91. The minimum absolute atomic E-state index is 0.390. The number of methoxy groups -OCH3 is 1. The first-order valence-corrected chi connectivity index (χ1v) is 5.28. The number of carbonyl (C=O) groups excluding carboxylic acids is 1. The second-order valence-electron chi connectivity index (χ2n) is 4.47. The van der Waals surface area contributed by atoms with Gasteiger partial charge in [0, 0.05) is 23.2 Å². The van der Waals surface area contributed by atoms with Crippen LogP contribution in [0.3, 0.4) is 0 Å². The molecule has 5 heteroatoms. The summed E-state index contributed by atoms with van der Waals surface area (Å²) in [6.07, 6.45) is 3.36. The summed E-state index contributed by atoms with van der Waals surface area (Å²) in [5.74, 6) is -0.390. The lowest BCUT2D eigenvalue weighted by atomic mass is 9.81. The topological polar surface area (TPSA) is 44.1 Å². The summed E-state index contributed by atoms with van der Waals surface area (Å²) in [6.45, 7) is 3.78. The van der Waals surface area contributed by atoms with Crippen molar-refractivity contribution in [2.24, 2.45) is 0 Å². The predicted molar refractivity (Wildman–Crippen MR) is 66.1 cm³/mol. The Kier molecular flexibility index (Phi) is 2.69. The Hall–Kier alpha value is -1.78. The molecular weight excluding hydrogens is 215 g/mol. The van der Waals surface area contributed by atoms with Crippen molar-refractivity contribution in [3.63, 3.8) is 0 Å². The number of aromatic nitrogens is 2. The lowest BCUT2D eigenvalue weighted by molar-refractivity contribution is 0.0600. The van der Waals surface area contributed by atoms with E-state index in [9.17, 15) is 4.79 Å². The van der Waals surface area contributed by atoms with Gasteiger partial charge < -0.3 is 9.30 Å². The highest BCUT2D eigenvalue weighted by Gasteiger charge is 2.16. The van der Waals surface area contributed by atoms with Crippen LogP contribution >= 0.6 is 0 Å². The molecule has 0 fully saturated rings. The standard InChI is InChI=1S/C12H13BN2O2/c1-12(2,13)15-5-4-8-6-9(11(16)17-3)7-14-10(8)15/h4-7H,1-3H3. The Balaban J connectivity index is 2.56. The van der Waals surface area contributed by atoms with Crippen molar-refractivity contribution in [2.75, 3.05) is 7.11 Å². The average Bonchev–Trinajstić information content (AvgIpc) is 2.70. The molecule has 0 saturated carbocycles. The van der Waals surface area contributed by atoms with Gasteiger partial charge >= 0.3 is 5.97 Å². The average molecular weight is 228 g/mol. The number of pyridine rings is 1. The maximum absolute atomic E-state index is 11.4. The van der Waals surface area contributed by atoms with E-state index in [0.29, 0.717) is 5.56 Å². The number of ether oxygens (including phenoxy) is 1. The van der Waals surface area contributed by atoms with Crippen LogP contribution in [0.4, 0.5) is 0 Å². The van der Waals surface area contributed by atoms with Crippen molar-refractivity contribution >= 4 is 24.8 Å². The van der Waals surface area contributed by atoms with Gasteiger partial charge in [0.1, 0.15) is 13.5 Å². The predicted octanol–water partition coefficient (Wildman–Crippen LogP) is 1.68. The number of hydrogen-bond acceptors (Lipinski definition) is 3. The fraction of sp³-hybridized carbons (Fsp3) is 0.333. The smallest absolute Gasteiger partial charge is 0.339 e. The summed E-state index contributed by atoms with van der Waals surface area (Å²) in [7, 11) is 7.37. The third-order valence-corrected chi connectivity index (χ3v) is 2.57. The first-order valence-electron chi connectivity index (χ1n) is 5.28. The highest BCUT2D eigenvalue weighted by atomic mass is 16.5. The molecule has 2 rings (SSSR count). The van der Waals surface area contributed by atoms with Crippen molar-refractivity contribution in [1.29, 1.82) is 0 Å². The number of fused-ring (bicyclic) bond motifs is 1. The molecule has 0 spiro atoms. The van der Waals surface area contributed by atoms with Crippen LogP contribution in [0.5, 0.6) is 0 Å². The molecule has 2 aromatic heterocycles. The van der Waals surface area contributed by atoms with Gasteiger partial charge in [-0.3, -0.25) is 0 Å². The van der Waals surface area contributed by atoms with Gasteiger partial charge in [-0.1, -0.05) is 13.8 Å². The molecule has 17 heavy (non-hydrogen) atoms. The molecule has 0 N–H and O–H groups in total. The summed E-state index contributed by atoms with van der Waals surface area (Å²) in [5, 5.41) is 0.867. The highest BCUT2D eigenvalue weighted by Crippen LogP contribution is 2.21. The minimum Gasteiger partial charge on any atom is -0.465 e. The fourth-order valence-corrected chi connectivity index (χ4v) is 1.72. The molecule has 0 saturated heterocycles. The largest absolute Gasteiger partial charge is 0.465 e. The van der Waals surface area contributed by atoms with Crippen LogP contribution in [0.2, 0.25) is 0 Å². The summed E-state index contributed by atoms with van der Waals surface area (Å²) in [4.78, 5) is 15.6. The first-order chi connectivity index (χ1) is 7.93. The van der Waals surface area contributed by atoms with E-state index in [1.54, 1.807) is 6.07 Å². The molecule has 0 unspecified atom stereocenters. The lowest BCUT2D eigenvalue weighted by Crippen LogP contribution is -2.25. The maximum Gasteiger partial charge on any atom is 0.339 e. The van der Waals surface area contributed by atoms with Gasteiger partial charge in [0.15, 0.2) is 0 Å². The third kappa shape index (κ3) is 2.05. The Labute approximate surface area is 101 Å². The Morgan fingerprint density at radius 2 is 2.24 bits per heavy atom. The molecule has 2 aromatic rings. The molecule has 0 aliphatic carbocycles. The molecule has 4 nitrogen and oxygen atoms in total. The van der Waals surface area contributed by atoms with Gasteiger partial charge in [-0.2, -0.15) is 0 Å². The van der Waals surface area contributed by atoms with Crippen molar-refractivity contribution in [2.45, 2.75) is 19.3 Å². The van der Waals surface area contributed by atoms with Crippen LogP contribution in [0, 0.1) is 0 Å². The van der Waals surface area contributed by atoms with E-state index < -0.39 is 5.44 Å². The molecule has 2 heterocycles. The van der Waals surface area contributed by atoms with E-state index >= 15 is 0 Å². The quantitative estimate of drug-likeness (QED) is 0.580. The van der Waals surface area contributed by atoms with Gasteiger partial charge in [-0.25, -0.2) is 9.78 Å². The van der Waals surface area contributed by atoms with Gasteiger partial charge in [0.25, 0.3) is 0 Å². The van der Waals surface area contributed by atoms with Gasteiger partial charge in [0.2, 0.25) is 0 Å². The summed E-state index contributed by atoms with van der Waals surface area (Å²) in [6, 6.07) is 3.62. The van der Waals surface area contributed by atoms with Crippen molar-refractivity contribution in [3.05, 3.63) is 30.1 Å². The molecular formula is C12H13BN2O2. The maximum atomic E-state index is 11.4. The lowest BCUT2D eigenvalue weighted by Gasteiger charge is -2.22. The zero-order chi connectivity index (χ0) is 12.6. The molecule has 0 aliphatic heterocycles. The zero-order valence-electron chi connectivity index (χ0n) is 10.1. The van der Waals surface area contributed by atoms with Crippen LogP contribution in [0.25, 0.3) is 11.0 Å².